The van der Waals surface area contributed by atoms with Gasteiger partial charge in [0.15, 0.2) is 0 Å². The first-order valence-electron chi connectivity index (χ1n) is 4.05. The number of fused-ring (bicyclic) bond motifs is 1. The van der Waals surface area contributed by atoms with Crippen molar-refractivity contribution < 1.29 is 4.79 Å². The molecule has 0 spiro atoms. The lowest BCUT2D eigenvalue weighted by Crippen LogP contribution is -1.81. The average Bonchev–Trinajstić information content (AvgIpc) is 2.23. The Morgan fingerprint density at radius 1 is 0.929 bits per heavy atom. The molecule has 2 rings (SSSR count). The van der Waals surface area contributed by atoms with Crippen molar-refractivity contribution in [2.45, 2.75) is 0 Å². The van der Waals surface area contributed by atoms with E-state index in [9.17, 15) is 4.79 Å². The normalized spacial score (nSPS) is 10.4. The van der Waals surface area contributed by atoms with Crippen LogP contribution in [0.5, 0.6) is 0 Å². The maximum Gasteiger partial charge on any atom is 0.150 e. The third kappa shape index (κ3) is 1.49. The second-order valence-corrected chi connectivity index (χ2v) is 3.77. The smallest absolute Gasteiger partial charge is 0.150 e. The van der Waals surface area contributed by atoms with Gasteiger partial charge in [0.2, 0.25) is 0 Å². The molecule has 2 aromatic carbocycles. The summed E-state index contributed by atoms with van der Waals surface area (Å²) in [6.07, 6.45) is 0.788. The number of aldehydes is 1. The molecule has 0 saturated heterocycles. The van der Waals surface area contributed by atoms with E-state index >= 15 is 0 Å². The van der Waals surface area contributed by atoms with Crippen molar-refractivity contribution in [1.29, 1.82) is 0 Å². The molecule has 1 nitrogen and oxygen atoms in total. The third-order valence-electron chi connectivity index (χ3n) is 2.07. The van der Waals surface area contributed by atoms with Gasteiger partial charge in [-0.1, -0.05) is 35.3 Å². The zero-order valence-corrected chi connectivity index (χ0v) is 8.64. The standard InChI is InChI=1S/C11H6Cl2O/c12-10-3-4-11(13)9-5-7(6-14)1-2-8(9)10/h1-6H. The van der Waals surface area contributed by atoms with Gasteiger partial charge in [-0.25, -0.2) is 0 Å². The van der Waals surface area contributed by atoms with Crippen LogP contribution in [0.25, 0.3) is 10.8 Å². The average molecular weight is 225 g/mol. The van der Waals surface area contributed by atoms with Gasteiger partial charge in [-0.15, -0.1) is 0 Å². The fourth-order valence-corrected chi connectivity index (χ4v) is 1.81. The lowest BCUT2D eigenvalue weighted by molar-refractivity contribution is 0.112. The van der Waals surface area contributed by atoms with E-state index in [0.29, 0.717) is 15.6 Å². The topological polar surface area (TPSA) is 17.1 Å². The van der Waals surface area contributed by atoms with Gasteiger partial charge in [0, 0.05) is 26.4 Å². The van der Waals surface area contributed by atoms with E-state index < -0.39 is 0 Å². The summed E-state index contributed by atoms with van der Waals surface area (Å²) in [5.74, 6) is 0. The van der Waals surface area contributed by atoms with Gasteiger partial charge >= 0.3 is 0 Å². The molecule has 14 heavy (non-hydrogen) atoms. The van der Waals surface area contributed by atoms with Crippen LogP contribution in [-0.4, -0.2) is 6.29 Å². The van der Waals surface area contributed by atoms with Crippen molar-refractivity contribution >= 4 is 40.3 Å². The van der Waals surface area contributed by atoms with Gasteiger partial charge < -0.3 is 0 Å². The van der Waals surface area contributed by atoms with Crippen molar-refractivity contribution in [2.24, 2.45) is 0 Å². The van der Waals surface area contributed by atoms with E-state index in [4.69, 9.17) is 23.2 Å². The molecule has 0 atom stereocenters. The molecule has 0 aliphatic carbocycles. The van der Waals surface area contributed by atoms with Gasteiger partial charge in [0.05, 0.1) is 0 Å². The van der Waals surface area contributed by atoms with Crippen molar-refractivity contribution in [3.05, 3.63) is 45.9 Å². The fraction of sp³-hybridized carbons (Fsp3) is 0. The quantitative estimate of drug-likeness (QED) is 0.671. The van der Waals surface area contributed by atoms with Crippen molar-refractivity contribution in [3.63, 3.8) is 0 Å². The summed E-state index contributed by atoms with van der Waals surface area (Å²) in [6, 6.07) is 8.72. The minimum atomic E-state index is 0.599. The highest BCUT2D eigenvalue weighted by molar-refractivity contribution is 6.40. The van der Waals surface area contributed by atoms with Crippen molar-refractivity contribution in [1.82, 2.24) is 0 Å². The molecule has 3 heteroatoms. The highest BCUT2D eigenvalue weighted by Gasteiger charge is 2.03. The van der Waals surface area contributed by atoms with E-state index in [1.165, 1.54) is 0 Å². The molecule has 0 bridgehead atoms. The van der Waals surface area contributed by atoms with Gasteiger partial charge in [0.25, 0.3) is 0 Å². The minimum absolute atomic E-state index is 0.599. The third-order valence-corrected chi connectivity index (χ3v) is 2.73. The maximum atomic E-state index is 10.6. The summed E-state index contributed by atoms with van der Waals surface area (Å²) in [4.78, 5) is 10.6. The summed E-state index contributed by atoms with van der Waals surface area (Å²) in [7, 11) is 0. The largest absolute Gasteiger partial charge is 0.298 e. The molecule has 2 aromatic rings. The summed E-state index contributed by atoms with van der Waals surface area (Å²) in [5, 5.41) is 2.92. The lowest BCUT2D eigenvalue weighted by Gasteiger charge is -2.02. The van der Waals surface area contributed by atoms with Gasteiger partial charge in [-0.3, -0.25) is 4.79 Å². The SMILES string of the molecule is O=Cc1ccc2c(Cl)ccc(Cl)c2c1. The lowest BCUT2D eigenvalue weighted by atomic mass is 10.1. The van der Waals surface area contributed by atoms with Crippen LogP contribution in [0.2, 0.25) is 10.0 Å². The van der Waals surface area contributed by atoms with Crippen LogP contribution < -0.4 is 0 Å². The second kappa shape index (κ2) is 3.60. The Kier molecular flexibility index (Phi) is 2.44. The molecule has 0 fully saturated rings. The Balaban J connectivity index is 2.86. The van der Waals surface area contributed by atoms with E-state index in [-0.39, 0.29) is 0 Å². The van der Waals surface area contributed by atoms with E-state index in [1.54, 1.807) is 30.3 Å². The molecule has 0 saturated carbocycles. The predicted octanol–water partition coefficient (Wildman–Crippen LogP) is 3.96. The monoisotopic (exact) mass is 224 g/mol. The van der Waals surface area contributed by atoms with E-state index in [2.05, 4.69) is 0 Å². The Morgan fingerprint density at radius 2 is 1.57 bits per heavy atom. The number of carbonyl (C=O) groups is 1. The Hall–Kier alpha value is -1.05. The Morgan fingerprint density at radius 3 is 2.21 bits per heavy atom. The first-order valence-corrected chi connectivity index (χ1v) is 4.81. The number of hydrogen-bond donors (Lipinski definition) is 0. The molecular formula is C11H6Cl2O. The van der Waals surface area contributed by atoms with Crippen LogP contribution in [0.15, 0.2) is 30.3 Å². The molecule has 0 N–H and O–H groups in total. The minimum Gasteiger partial charge on any atom is -0.298 e. The zero-order valence-electron chi connectivity index (χ0n) is 7.13. The highest BCUT2D eigenvalue weighted by atomic mass is 35.5. The summed E-state index contributed by atoms with van der Waals surface area (Å²) < 4.78 is 0. The van der Waals surface area contributed by atoms with Gasteiger partial charge in [0.1, 0.15) is 6.29 Å². The zero-order chi connectivity index (χ0) is 10.1. The van der Waals surface area contributed by atoms with Crippen LogP contribution in [-0.2, 0) is 0 Å². The van der Waals surface area contributed by atoms with Crippen LogP contribution >= 0.6 is 23.2 Å². The molecule has 0 aliphatic heterocycles. The van der Waals surface area contributed by atoms with Gasteiger partial charge in [-0.05, 0) is 18.2 Å². The molecule has 0 radical (unpaired) electrons. The Bertz CT molecular complexity index is 506. The maximum absolute atomic E-state index is 10.6. The number of carbonyl (C=O) groups excluding carboxylic acids is 1. The van der Waals surface area contributed by atoms with Crippen LogP contribution in [0, 0.1) is 0 Å². The summed E-state index contributed by atoms with van der Waals surface area (Å²) in [5.41, 5.74) is 0.599. The molecule has 0 heterocycles. The molecule has 0 aromatic heterocycles. The second-order valence-electron chi connectivity index (χ2n) is 2.95. The molecular weight excluding hydrogens is 219 g/mol. The van der Waals surface area contributed by atoms with E-state index in [0.717, 1.165) is 17.1 Å². The molecule has 0 amide bonds. The summed E-state index contributed by atoms with van der Waals surface area (Å²) in [6.45, 7) is 0. The van der Waals surface area contributed by atoms with Crippen molar-refractivity contribution in [3.8, 4) is 0 Å². The number of hydrogen-bond acceptors (Lipinski definition) is 1. The fourth-order valence-electron chi connectivity index (χ4n) is 1.37. The predicted molar refractivity (Wildman–Crippen MR) is 59.4 cm³/mol. The number of benzene rings is 2. The Labute approximate surface area is 91.2 Å². The molecule has 0 unspecified atom stereocenters. The van der Waals surface area contributed by atoms with Crippen molar-refractivity contribution in [2.75, 3.05) is 0 Å². The van der Waals surface area contributed by atoms with Crippen LogP contribution in [0.3, 0.4) is 0 Å². The first kappa shape index (κ1) is 9.50. The molecule has 0 aliphatic rings. The van der Waals surface area contributed by atoms with Gasteiger partial charge in [-0.2, -0.15) is 0 Å². The number of halogens is 2. The number of rotatable bonds is 1. The van der Waals surface area contributed by atoms with Crippen LogP contribution in [0.1, 0.15) is 10.4 Å². The molecule has 70 valence electrons. The highest BCUT2D eigenvalue weighted by Crippen LogP contribution is 2.29. The van der Waals surface area contributed by atoms with E-state index in [1.807, 2.05) is 0 Å². The van der Waals surface area contributed by atoms with Crippen LogP contribution in [0.4, 0.5) is 0 Å². The first-order chi connectivity index (χ1) is 6.72. The summed E-state index contributed by atoms with van der Waals surface area (Å²) >= 11 is 12.0.